The Labute approximate surface area is 250 Å². The quantitative estimate of drug-likeness (QED) is 0.184. The summed E-state index contributed by atoms with van der Waals surface area (Å²) in [6.07, 6.45) is 9.11. The van der Waals surface area contributed by atoms with E-state index in [0.717, 1.165) is 42.0 Å². The topological polar surface area (TPSA) is 87.3 Å². The van der Waals surface area contributed by atoms with Crippen molar-refractivity contribution < 1.29 is 14.3 Å². The van der Waals surface area contributed by atoms with Crippen LogP contribution in [-0.4, -0.2) is 40.2 Å². The average Bonchev–Trinajstić information content (AvgIpc) is 3.32. The lowest BCUT2D eigenvalue weighted by Crippen LogP contribution is -2.35. The number of aliphatic imine (C=N–C) groups is 1. The molecule has 1 N–H and O–H groups in total. The third-order valence-electron chi connectivity index (χ3n) is 6.44. The first kappa shape index (κ1) is 30.2. The second-order valence-electron chi connectivity index (χ2n) is 9.70. The van der Waals surface area contributed by atoms with E-state index in [9.17, 15) is 4.79 Å². The number of rotatable bonds is 13. The van der Waals surface area contributed by atoms with Crippen LogP contribution in [0.1, 0.15) is 69.1 Å². The first-order chi connectivity index (χ1) is 19.3. The van der Waals surface area contributed by atoms with Gasteiger partial charge in [0.1, 0.15) is 24.0 Å². The molecule has 2 heterocycles. The van der Waals surface area contributed by atoms with E-state index < -0.39 is 5.91 Å². The van der Waals surface area contributed by atoms with Crippen molar-refractivity contribution in [2.24, 2.45) is 10.1 Å². The average molecular weight is 602 g/mol. The number of amidine groups is 2. The van der Waals surface area contributed by atoms with Crippen LogP contribution < -0.4 is 9.47 Å². The van der Waals surface area contributed by atoms with Crippen LogP contribution in [0.25, 0.3) is 6.08 Å². The van der Waals surface area contributed by atoms with E-state index in [-0.39, 0.29) is 18.0 Å². The van der Waals surface area contributed by atoms with Crippen molar-refractivity contribution in [3.05, 3.63) is 62.6 Å². The Morgan fingerprint density at radius 1 is 1.00 bits per heavy atom. The molecule has 4 rings (SSSR count). The number of carbonyl (C=O) groups excluding carboxylic acids is 1. The second-order valence-corrected chi connectivity index (χ2v) is 11.6. The fourth-order valence-electron chi connectivity index (χ4n) is 4.40. The van der Waals surface area contributed by atoms with Crippen molar-refractivity contribution in [1.29, 1.82) is 5.41 Å². The molecule has 0 radical (unpaired) electrons. The molecule has 2 aliphatic rings. The molecule has 0 saturated heterocycles. The summed E-state index contributed by atoms with van der Waals surface area (Å²) in [5.74, 6) is 0.623. The zero-order valence-corrected chi connectivity index (χ0v) is 25.4. The molecule has 40 heavy (non-hydrogen) atoms. The lowest BCUT2D eigenvalue weighted by Gasteiger charge is -2.20. The van der Waals surface area contributed by atoms with Crippen molar-refractivity contribution in [2.75, 3.05) is 13.2 Å². The van der Waals surface area contributed by atoms with Gasteiger partial charge in [-0.2, -0.15) is 15.1 Å². The van der Waals surface area contributed by atoms with Crippen LogP contribution in [-0.2, 0) is 11.2 Å². The van der Waals surface area contributed by atoms with Crippen LogP contribution in [0.4, 0.5) is 0 Å². The number of ether oxygens (including phenoxy) is 2. The van der Waals surface area contributed by atoms with Crippen LogP contribution in [0, 0.1) is 12.3 Å². The largest absolute Gasteiger partial charge is 0.490 e. The van der Waals surface area contributed by atoms with Crippen LogP contribution in [0.15, 0.2) is 46.0 Å². The molecule has 0 atom stereocenters. The summed E-state index contributed by atoms with van der Waals surface area (Å²) in [4.78, 5) is 17.0. The molecular formula is C30H34Cl2N4O3S. The zero-order valence-electron chi connectivity index (χ0n) is 23.1. The van der Waals surface area contributed by atoms with Gasteiger partial charge in [-0.05, 0) is 85.0 Å². The molecule has 2 aliphatic heterocycles. The molecule has 0 aromatic heterocycles. The Kier molecular flexibility index (Phi) is 10.7. The number of thioether (sulfide) groups is 1. The number of carbonyl (C=O) groups is 1. The highest BCUT2D eigenvalue weighted by Gasteiger charge is 2.35. The molecule has 2 aromatic rings. The Morgan fingerprint density at radius 3 is 2.45 bits per heavy atom. The predicted octanol–water partition coefficient (Wildman–Crippen LogP) is 8.30. The third-order valence-corrected chi connectivity index (χ3v) is 7.97. The molecule has 212 valence electrons. The molecule has 0 spiro atoms. The predicted molar refractivity (Wildman–Crippen MR) is 166 cm³/mol. The molecule has 0 aliphatic carbocycles. The number of hydrazone groups is 1. The van der Waals surface area contributed by atoms with E-state index in [2.05, 4.69) is 30.0 Å². The van der Waals surface area contributed by atoms with Gasteiger partial charge in [-0.25, -0.2) is 0 Å². The lowest BCUT2D eigenvalue weighted by atomic mass is 10.1. The lowest BCUT2D eigenvalue weighted by molar-refractivity contribution is -0.114. The van der Waals surface area contributed by atoms with Gasteiger partial charge in [0.2, 0.25) is 5.17 Å². The highest BCUT2D eigenvalue weighted by atomic mass is 35.5. The maximum atomic E-state index is 12.8. The minimum absolute atomic E-state index is 0.0180. The van der Waals surface area contributed by atoms with Gasteiger partial charge in [0.25, 0.3) is 5.91 Å². The monoisotopic (exact) mass is 600 g/mol. The van der Waals surface area contributed by atoms with Crippen molar-refractivity contribution in [1.82, 2.24) is 5.01 Å². The minimum Gasteiger partial charge on any atom is -0.490 e. The van der Waals surface area contributed by atoms with E-state index in [4.69, 9.17) is 38.1 Å². The van der Waals surface area contributed by atoms with E-state index in [0.29, 0.717) is 33.1 Å². The minimum atomic E-state index is -0.491. The summed E-state index contributed by atoms with van der Waals surface area (Å²) in [6, 6.07) is 9.44. The molecule has 10 heteroatoms. The summed E-state index contributed by atoms with van der Waals surface area (Å²) in [5, 5.41) is 16.5. The first-order valence-corrected chi connectivity index (χ1v) is 15.2. The molecule has 2 aromatic carbocycles. The summed E-state index contributed by atoms with van der Waals surface area (Å²) >= 11 is 14.3. The van der Waals surface area contributed by atoms with Crippen LogP contribution in [0.5, 0.6) is 11.5 Å². The Bertz CT molecular complexity index is 1350. The number of fused-ring (bicyclic) bond motifs is 1. The van der Waals surface area contributed by atoms with Gasteiger partial charge < -0.3 is 9.47 Å². The highest BCUT2D eigenvalue weighted by molar-refractivity contribution is 8.26. The number of hydrogen-bond acceptors (Lipinski definition) is 6. The van der Waals surface area contributed by atoms with E-state index in [1.807, 2.05) is 19.1 Å². The van der Waals surface area contributed by atoms with Crippen molar-refractivity contribution >= 4 is 63.0 Å². The molecule has 0 saturated carbocycles. The maximum Gasteiger partial charge on any atom is 0.283 e. The van der Waals surface area contributed by atoms with Crippen LogP contribution in [0.2, 0.25) is 10.0 Å². The van der Waals surface area contributed by atoms with E-state index >= 15 is 0 Å². The molecule has 0 fully saturated rings. The molecule has 7 nitrogen and oxygen atoms in total. The Morgan fingerprint density at radius 2 is 1.73 bits per heavy atom. The highest BCUT2D eigenvalue weighted by Crippen LogP contribution is 2.36. The van der Waals surface area contributed by atoms with Gasteiger partial charge >= 0.3 is 0 Å². The smallest absolute Gasteiger partial charge is 0.283 e. The summed E-state index contributed by atoms with van der Waals surface area (Å²) in [5.41, 5.74) is 3.04. The van der Waals surface area contributed by atoms with Gasteiger partial charge in [0, 0.05) is 0 Å². The number of nitrogens with one attached hydrogen (secondary N) is 1. The van der Waals surface area contributed by atoms with Crippen LogP contribution in [0.3, 0.4) is 0 Å². The van der Waals surface area contributed by atoms with Crippen molar-refractivity contribution in [3.8, 4) is 11.5 Å². The van der Waals surface area contributed by atoms with E-state index in [1.165, 1.54) is 41.6 Å². The van der Waals surface area contributed by atoms with Gasteiger partial charge in [0.05, 0.1) is 15.6 Å². The number of hydrogen-bond donors (Lipinski definition) is 1. The SMILES string of the molecule is CCCCCCCC1=NN2C(=N)/C(=C/c3cc(Cl)c(OCCOc4cc(C)cc(CC)c4)c(Cl)c3)C(=O)N=C2S1. The summed E-state index contributed by atoms with van der Waals surface area (Å²) < 4.78 is 11.7. The summed E-state index contributed by atoms with van der Waals surface area (Å²) in [7, 11) is 0. The molecule has 0 unspecified atom stereocenters. The molecular weight excluding hydrogens is 567 g/mol. The number of nitrogens with zero attached hydrogens (tertiary/aromatic N) is 3. The number of amides is 1. The van der Waals surface area contributed by atoms with Crippen LogP contribution >= 0.6 is 35.0 Å². The fourth-order valence-corrected chi connectivity index (χ4v) is 5.93. The number of benzene rings is 2. The zero-order chi connectivity index (χ0) is 28.6. The van der Waals surface area contributed by atoms with Gasteiger partial charge in [-0.1, -0.05) is 68.8 Å². The molecule has 1 amide bonds. The Hall–Kier alpha value is -2.81. The summed E-state index contributed by atoms with van der Waals surface area (Å²) in [6.45, 7) is 6.91. The normalized spacial score (nSPS) is 15.8. The standard InChI is InChI=1S/C30H34Cl2N4O3S/c1-4-6-7-8-9-10-26-35-36-28(33)23(29(37)34-30(36)40-26)16-21-17-24(31)27(25(32)18-21)39-12-11-38-22-14-19(3)13-20(5-2)15-22/h13-18,33H,4-12H2,1-3H3/b23-16-,33-28?. The number of unbranched alkanes of at least 4 members (excludes halogenated alkanes) is 4. The maximum absolute atomic E-state index is 12.8. The van der Waals surface area contributed by atoms with Gasteiger partial charge in [0.15, 0.2) is 11.6 Å². The molecule has 0 bridgehead atoms. The third kappa shape index (κ3) is 7.68. The fraction of sp³-hybridized carbons (Fsp3) is 0.400. The first-order valence-electron chi connectivity index (χ1n) is 13.6. The van der Waals surface area contributed by atoms with Crippen molar-refractivity contribution in [2.45, 2.75) is 65.7 Å². The number of aryl methyl sites for hydroxylation is 2. The van der Waals surface area contributed by atoms with Crippen molar-refractivity contribution in [3.63, 3.8) is 0 Å². The Balaban J connectivity index is 1.38. The second kappa shape index (κ2) is 14.2. The number of halogens is 2. The van der Waals surface area contributed by atoms with E-state index in [1.54, 1.807) is 18.2 Å². The van der Waals surface area contributed by atoms with Gasteiger partial charge in [-0.3, -0.25) is 10.2 Å². The van der Waals surface area contributed by atoms with Gasteiger partial charge in [-0.15, -0.1) is 0 Å².